The molecule has 0 radical (unpaired) electrons. The van der Waals surface area contributed by atoms with Gasteiger partial charge in [0.2, 0.25) is 5.91 Å². The molecule has 0 spiro atoms. The molecule has 1 aliphatic rings. The molecule has 0 aromatic carbocycles. The third kappa shape index (κ3) is 16.8. The van der Waals surface area contributed by atoms with Crippen LogP contribution in [0.15, 0.2) is 0 Å². The highest BCUT2D eigenvalue weighted by molar-refractivity contribution is 5.78. The lowest BCUT2D eigenvalue weighted by molar-refractivity contribution is -0.146. The van der Waals surface area contributed by atoms with Crippen molar-refractivity contribution in [2.24, 2.45) is 0 Å². The Morgan fingerprint density at radius 2 is 1.44 bits per heavy atom. The zero-order valence-electron chi connectivity index (χ0n) is 21.4. The molecule has 0 saturated carbocycles. The third-order valence-corrected chi connectivity index (χ3v) is 5.60. The minimum absolute atomic E-state index is 0.160. The van der Waals surface area contributed by atoms with Crippen LogP contribution in [0.2, 0.25) is 0 Å². The first-order chi connectivity index (χ1) is 16.5. The maximum absolute atomic E-state index is 11.8. The minimum atomic E-state index is -0.203. The Balaban J connectivity index is 1.79. The van der Waals surface area contributed by atoms with Gasteiger partial charge in [-0.1, -0.05) is 19.8 Å². The summed E-state index contributed by atoms with van der Waals surface area (Å²) in [7, 11) is 1.99. The highest BCUT2D eigenvalue weighted by atomic mass is 16.6. The Bertz CT molecular complexity index is 559. The topological polar surface area (TPSA) is 94.6 Å². The molecule has 0 aromatic rings. The number of carbonyl (C=O) groups excluding carboxylic acids is 3. The number of hydrogen-bond acceptors (Lipinski definition) is 8. The van der Waals surface area contributed by atoms with Gasteiger partial charge in [-0.2, -0.15) is 0 Å². The lowest BCUT2D eigenvalue weighted by Crippen LogP contribution is -2.30. The van der Waals surface area contributed by atoms with E-state index < -0.39 is 0 Å². The van der Waals surface area contributed by atoms with Gasteiger partial charge in [0.1, 0.15) is 13.2 Å². The molecule has 1 amide bonds. The Hall–Kier alpha value is -1.71. The fourth-order valence-corrected chi connectivity index (χ4v) is 3.61. The van der Waals surface area contributed by atoms with Gasteiger partial charge < -0.3 is 28.7 Å². The summed E-state index contributed by atoms with van der Waals surface area (Å²) in [5.74, 6) is -0.101. The van der Waals surface area contributed by atoms with E-state index in [2.05, 4.69) is 4.90 Å². The molecule has 0 N–H and O–H groups in total. The van der Waals surface area contributed by atoms with E-state index in [1.54, 1.807) is 0 Å². The van der Waals surface area contributed by atoms with E-state index in [1.165, 1.54) is 0 Å². The van der Waals surface area contributed by atoms with E-state index in [9.17, 15) is 14.4 Å². The summed E-state index contributed by atoms with van der Waals surface area (Å²) >= 11 is 0. The number of hydrogen-bond donors (Lipinski definition) is 0. The van der Waals surface area contributed by atoms with Gasteiger partial charge in [-0.15, -0.1) is 0 Å². The van der Waals surface area contributed by atoms with Gasteiger partial charge in [0.25, 0.3) is 0 Å². The van der Waals surface area contributed by atoms with Crippen molar-refractivity contribution in [1.29, 1.82) is 0 Å². The van der Waals surface area contributed by atoms with Crippen LogP contribution in [0.1, 0.15) is 71.1 Å². The van der Waals surface area contributed by atoms with Gasteiger partial charge in [-0.25, -0.2) is 0 Å². The molecule has 0 aliphatic carbocycles. The fourth-order valence-electron chi connectivity index (χ4n) is 3.61. The number of esters is 2. The number of amides is 1. The quantitative estimate of drug-likeness (QED) is 0.170. The summed E-state index contributed by atoms with van der Waals surface area (Å²) in [4.78, 5) is 38.6. The van der Waals surface area contributed by atoms with Crippen LogP contribution < -0.4 is 0 Å². The Morgan fingerprint density at radius 1 is 0.824 bits per heavy atom. The molecule has 1 heterocycles. The van der Waals surface area contributed by atoms with Crippen LogP contribution in [0.4, 0.5) is 0 Å². The van der Waals surface area contributed by atoms with Crippen LogP contribution in [0.5, 0.6) is 0 Å². The highest BCUT2D eigenvalue weighted by Crippen LogP contribution is 2.09. The molecular formula is C25H46N2O7. The number of carbonyl (C=O) groups is 3. The first-order valence-electron chi connectivity index (χ1n) is 13.0. The smallest absolute Gasteiger partial charge is 0.307 e. The average molecular weight is 487 g/mol. The van der Waals surface area contributed by atoms with Crippen molar-refractivity contribution in [3.8, 4) is 0 Å². The van der Waals surface area contributed by atoms with E-state index in [0.717, 1.165) is 64.6 Å². The van der Waals surface area contributed by atoms with Gasteiger partial charge >= 0.3 is 11.9 Å². The largest absolute Gasteiger partial charge is 0.463 e. The van der Waals surface area contributed by atoms with Gasteiger partial charge in [-0.3, -0.25) is 14.4 Å². The van der Waals surface area contributed by atoms with Crippen molar-refractivity contribution in [1.82, 2.24) is 9.80 Å². The van der Waals surface area contributed by atoms with Gasteiger partial charge in [0.15, 0.2) is 0 Å². The van der Waals surface area contributed by atoms with Crippen molar-refractivity contribution in [3.05, 3.63) is 0 Å². The third-order valence-electron chi connectivity index (χ3n) is 5.60. The Kier molecular flexibility index (Phi) is 18.4. The number of unbranched alkanes of at least 4 members (excludes halogenated alkanes) is 3. The second-order valence-corrected chi connectivity index (χ2v) is 8.72. The second-order valence-electron chi connectivity index (χ2n) is 8.72. The number of nitrogens with zero attached hydrogens (tertiary/aromatic N) is 2. The van der Waals surface area contributed by atoms with Gasteiger partial charge in [0.05, 0.1) is 19.6 Å². The van der Waals surface area contributed by atoms with Crippen LogP contribution >= 0.6 is 0 Å². The van der Waals surface area contributed by atoms with E-state index in [-0.39, 0.29) is 24.5 Å². The van der Waals surface area contributed by atoms with E-state index in [4.69, 9.17) is 18.9 Å². The predicted octanol–water partition coefficient (Wildman–Crippen LogP) is 2.80. The lowest BCUT2D eigenvalue weighted by Gasteiger charge is -2.19. The number of rotatable bonds is 22. The summed E-state index contributed by atoms with van der Waals surface area (Å²) in [6, 6.07) is 0. The summed E-state index contributed by atoms with van der Waals surface area (Å²) in [5.41, 5.74) is 0. The van der Waals surface area contributed by atoms with Crippen molar-refractivity contribution in [3.63, 3.8) is 0 Å². The lowest BCUT2D eigenvalue weighted by atomic mass is 10.2. The molecule has 34 heavy (non-hydrogen) atoms. The SMILES string of the molecule is CCCC(=O)OCCOCCCCCCOCCOC(=O)CCN(C)CCCN1CCCC1=O. The fraction of sp³-hybridized carbons (Fsp3) is 0.880. The monoisotopic (exact) mass is 486 g/mol. The minimum Gasteiger partial charge on any atom is -0.463 e. The standard InChI is InChI=1S/C25H46N2O7/c1-3-10-24(29)33-21-19-31-17-6-4-5-7-18-32-20-22-34-25(30)12-16-26(2)13-9-15-27-14-8-11-23(27)28/h3-22H2,1-2H3. The van der Waals surface area contributed by atoms with Crippen LogP contribution in [0.25, 0.3) is 0 Å². The number of ether oxygens (including phenoxy) is 4. The molecule has 1 aliphatic heterocycles. The summed E-state index contributed by atoms with van der Waals surface area (Å²) in [6.45, 7) is 7.98. The van der Waals surface area contributed by atoms with Crippen molar-refractivity contribution in [2.75, 3.05) is 72.9 Å². The van der Waals surface area contributed by atoms with E-state index >= 15 is 0 Å². The van der Waals surface area contributed by atoms with Crippen LogP contribution in [-0.4, -0.2) is 101 Å². The molecule has 198 valence electrons. The summed E-state index contributed by atoms with van der Waals surface area (Å²) in [6.07, 6.45) is 8.29. The first kappa shape index (κ1) is 30.3. The van der Waals surface area contributed by atoms with E-state index in [1.807, 2.05) is 18.9 Å². The Morgan fingerprint density at radius 3 is 2.00 bits per heavy atom. The molecule has 0 unspecified atom stereocenters. The molecular weight excluding hydrogens is 440 g/mol. The van der Waals surface area contributed by atoms with Crippen LogP contribution in [-0.2, 0) is 33.3 Å². The molecule has 1 saturated heterocycles. The van der Waals surface area contributed by atoms with Gasteiger partial charge in [0, 0.05) is 45.7 Å². The maximum atomic E-state index is 11.8. The summed E-state index contributed by atoms with van der Waals surface area (Å²) < 4.78 is 21.2. The van der Waals surface area contributed by atoms with Gasteiger partial charge in [-0.05, 0) is 45.7 Å². The predicted molar refractivity (Wildman–Crippen MR) is 129 cm³/mol. The van der Waals surface area contributed by atoms with Crippen LogP contribution in [0, 0.1) is 0 Å². The maximum Gasteiger partial charge on any atom is 0.307 e. The van der Waals surface area contributed by atoms with Crippen molar-refractivity contribution in [2.45, 2.75) is 71.1 Å². The molecule has 0 atom stereocenters. The average Bonchev–Trinajstić information content (AvgIpc) is 3.22. The van der Waals surface area contributed by atoms with E-state index in [0.29, 0.717) is 58.8 Å². The second kappa shape index (κ2) is 20.6. The zero-order chi connectivity index (χ0) is 24.9. The molecule has 1 fully saturated rings. The number of likely N-dealkylation sites (tertiary alicyclic amines) is 1. The first-order valence-corrected chi connectivity index (χ1v) is 13.0. The normalized spacial score (nSPS) is 13.6. The molecule has 0 aromatic heterocycles. The molecule has 0 bridgehead atoms. The van der Waals surface area contributed by atoms with Crippen LogP contribution in [0.3, 0.4) is 0 Å². The summed E-state index contributed by atoms with van der Waals surface area (Å²) in [5, 5.41) is 0. The Labute approximate surface area is 205 Å². The van der Waals surface area contributed by atoms with Crippen molar-refractivity contribution >= 4 is 17.8 Å². The highest BCUT2D eigenvalue weighted by Gasteiger charge is 2.19. The molecule has 9 nitrogen and oxygen atoms in total. The zero-order valence-corrected chi connectivity index (χ0v) is 21.4. The molecule has 1 rings (SSSR count). The van der Waals surface area contributed by atoms with Crippen molar-refractivity contribution < 1.29 is 33.3 Å². The molecule has 9 heteroatoms.